The first-order chi connectivity index (χ1) is 15.1. The van der Waals surface area contributed by atoms with Crippen molar-refractivity contribution >= 4 is 21.8 Å². The molecule has 1 aromatic heterocycles. The quantitative estimate of drug-likeness (QED) is 0.687. The Balaban J connectivity index is 0.000000360. The molecule has 0 unspecified atom stereocenters. The number of carboxylic acid groups (broad SMARTS) is 1. The molecule has 2 aromatic rings. The summed E-state index contributed by atoms with van der Waals surface area (Å²) in [6.07, 6.45) is -3.35. The molecule has 3 atom stereocenters. The van der Waals surface area contributed by atoms with Crippen LogP contribution in [0.15, 0.2) is 59.6 Å². The number of sulfonamides is 1. The number of rotatable bonds is 5. The van der Waals surface area contributed by atoms with Crippen molar-refractivity contribution in [1.82, 2.24) is 9.29 Å². The fraction of sp³-hybridized carbons (Fsp3) is 0.400. The standard InChI is InChI=1S/C18H21N3O3S.C2HF3O2/c22-25(23,15-6-2-1-3-7-15)21-11-16-14(13-24-17(16)12-21)10-20-18-8-4-5-9-19-18;3-2(4,5)1(6)7/h1-9,14,16-17H,10-13H2,(H,19,20);(H,6,7)/t14-,16+,17+;/m0./s1. The second kappa shape index (κ2) is 9.84. The van der Waals surface area contributed by atoms with E-state index >= 15 is 0 Å². The molecule has 32 heavy (non-hydrogen) atoms. The number of carbonyl (C=O) groups is 1. The number of halogens is 3. The first-order valence-electron chi connectivity index (χ1n) is 9.71. The summed E-state index contributed by atoms with van der Waals surface area (Å²) < 4.78 is 64.8. The minimum absolute atomic E-state index is 0.0194. The third-order valence-corrected chi connectivity index (χ3v) is 7.09. The maximum atomic E-state index is 12.8. The molecule has 4 rings (SSSR count). The van der Waals surface area contributed by atoms with Crippen molar-refractivity contribution < 1.29 is 36.2 Å². The van der Waals surface area contributed by atoms with Crippen LogP contribution in [0.3, 0.4) is 0 Å². The summed E-state index contributed by atoms with van der Waals surface area (Å²) in [7, 11) is -3.45. The molecule has 0 spiro atoms. The van der Waals surface area contributed by atoms with Crippen molar-refractivity contribution in [2.75, 3.05) is 31.6 Å². The van der Waals surface area contributed by atoms with Crippen molar-refractivity contribution in [3.63, 3.8) is 0 Å². The van der Waals surface area contributed by atoms with Gasteiger partial charge in [-0.3, -0.25) is 0 Å². The van der Waals surface area contributed by atoms with Crippen molar-refractivity contribution in [3.05, 3.63) is 54.7 Å². The molecule has 0 radical (unpaired) electrons. The highest BCUT2D eigenvalue weighted by molar-refractivity contribution is 7.89. The number of aromatic nitrogens is 1. The second-order valence-electron chi connectivity index (χ2n) is 7.33. The van der Waals surface area contributed by atoms with Gasteiger partial charge in [-0.25, -0.2) is 18.2 Å². The zero-order valence-corrected chi connectivity index (χ0v) is 17.6. The summed E-state index contributed by atoms with van der Waals surface area (Å²) in [5.41, 5.74) is 0. The number of benzene rings is 1. The molecular weight excluding hydrogens is 451 g/mol. The number of aliphatic carboxylic acids is 1. The van der Waals surface area contributed by atoms with Crippen LogP contribution in [0.4, 0.5) is 19.0 Å². The first-order valence-corrected chi connectivity index (χ1v) is 11.1. The van der Waals surface area contributed by atoms with Gasteiger partial charge in [0.15, 0.2) is 0 Å². The summed E-state index contributed by atoms with van der Waals surface area (Å²) in [5.74, 6) is -1.43. The van der Waals surface area contributed by atoms with E-state index in [0.29, 0.717) is 24.6 Å². The third-order valence-electron chi connectivity index (χ3n) is 5.24. The smallest absolute Gasteiger partial charge is 0.475 e. The van der Waals surface area contributed by atoms with Crippen LogP contribution < -0.4 is 5.32 Å². The molecule has 2 aliphatic rings. The Morgan fingerprint density at radius 2 is 1.81 bits per heavy atom. The van der Waals surface area contributed by atoms with Gasteiger partial charge in [0, 0.05) is 37.7 Å². The molecule has 2 saturated heterocycles. The maximum Gasteiger partial charge on any atom is 0.490 e. The van der Waals surface area contributed by atoms with E-state index in [0.717, 1.165) is 12.4 Å². The van der Waals surface area contributed by atoms with E-state index in [1.165, 1.54) is 0 Å². The minimum atomic E-state index is -5.08. The fourth-order valence-electron chi connectivity index (χ4n) is 3.61. The predicted octanol–water partition coefficient (Wildman–Crippen LogP) is 2.46. The number of hydrogen-bond donors (Lipinski definition) is 2. The highest BCUT2D eigenvalue weighted by Gasteiger charge is 2.47. The Kier molecular flexibility index (Phi) is 7.36. The van der Waals surface area contributed by atoms with Gasteiger partial charge in [-0.2, -0.15) is 17.5 Å². The monoisotopic (exact) mass is 473 g/mol. The van der Waals surface area contributed by atoms with Gasteiger partial charge in [0.1, 0.15) is 5.82 Å². The van der Waals surface area contributed by atoms with E-state index in [2.05, 4.69) is 10.3 Å². The molecular formula is C20H22F3N3O5S. The van der Waals surface area contributed by atoms with E-state index < -0.39 is 22.2 Å². The topological polar surface area (TPSA) is 109 Å². The van der Waals surface area contributed by atoms with Crippen LogP contribution in [-0.2, 0) is 19.6 Å². The number of ether oxygens (including phenoxy) is 1. The van der Waals surface area contributed by atoms with E-state index in [1.807, 2.05) is 24.3 Å². The lowest BCUT2D eigenvalue weighted by Crippen LogP contribution is -2.32. The van der Waals surface area contributed by atoms with Crippen LogP contribution in [0.5, 0.6) is 0 Å². The number of fused-ring (bicyclic) bond motifs is 1. The SMILES string of the molecule is O=C(O)C(F)(F)F.O=S(=O)(c1ccccc1)N1C[C@@H]2[C@@H](CNc3ccccn3)CO[C@@H]2C1. The van der Waals surface area contributed by atoms with Gasteiger partial charge in [0.25, 0.3) is 0 Å². The summed E-state index contributed by atoms with van der Waals surface area (Å²) in [5, 5.41) is 10.5. The summed E-state index contributed by atoms with van der Waals surface area (Å²) in [6, 6.07) is 14.3. The number of carboxylic acids is 1. The van der Waals surface area contributed by atoms with E-state index in [1.54, 1.807) is 34.8 Å². The molecule has 2 N–H and O–H groups in total. The lowest BCUT2D eigenvalue weighted by molar-refractivity contribution is -0.192. The van der Waals surface area contributed by atoms with Gasteiger partial charge >= 0.3 is 12.1 Å². The van der Waals surface area contributed by atoms with Crippen molar-refractivity contribution in [2.45, 2.75) is 17.2 Å². The van der Waals surface area contributed by atoms with Crippen LogP contribution in [0.25, 0.3) is 0 Å². The molecule has 174 valence electrons. The normalized spacial score (nSPS) is 23.2. The second-order valence-corrected chi connectivity index (χ2v) is 9.27. The van der Waals surface area contributed by atoms with Gasteiger partial charge in [0.2, 0.25) is 10.0 Å². The number of nitrogens with one attached hydrogen (secondary N) is 1. The van der Waals surface area contributed by atoms with Crippen molar-refractivity contribution in [2.24, 2.45) is 11.8 Å². The number of pyridine rings is 1. The number of nitrogens with zero attached hydrogens (tertiary/aromatic N) is 2. The van der Waals surface area contributed by atoms with E-state index in [-0.39, 0.29) is 17.9 Å². The van der Waals surface area contributed by atoms with Gasteiger partial charge < -0.3 is 15.2 Å². The number of anilines is 1. The summed E-state index contributed by atoms with van der Waals surface area (Å²) >= 11 is 0. The molecule has 8 nitrogen and oxygen atoms in total. The Morgan fingerprint density at radius 1 is 1.16 bits per heavy atom. The van der Waals surface area contributed by atoms with Gasteiger partial charge in [-0.05, 0) is 24.3 Å². The van der Waals surface area contributed by atoms with Gasteiger partial charge in [-0.15, -0.1) is 0 Å². The largest absolute Gasteiger partial charge is 0.490 e. The molecule has 12 heteroatoms. The van der Waals surface area contributed by atoms with Crippen LogP contribution in [0.2, 0.25) is 0 Å². The van der Waals surface area contributed by atoms with Crippen LogP contribution >= 0.6 is 0 Å². The van der Waals surface area contributed by atoms with Crippen LogP contribution in [-0.4, -0.2) is 67.3 Å². The van der Waals surface area contributed by atoms with Crippen LogP contribution in [0, 0.1) is 11.8 Å². The van der Waals surface area contributed by atoms with Crippen LogP contribution in [0.1, 0.15) is 0 Å². The molecule has 0 amide bonds. The van der Waals surface area contributed by atoms with Crippen molar-refractivity contribution in [1.29, 1.82) is 0 Å². The number of alkyl halides is 3. The zero-order valence-electron chi connectivity index (χ0n) is 16.8. The Morgan fingerprint density at radius 3 is 2.41 bits per heavy atom. The molecule has 1 aromatic carbocycles. The maximum absolute atomic E-state index is 12.8. The summed E-state index contributed by atoms with van der Waals surface area (Å²) in [4.78, 5) is 13.5. The molecule has 2 aliphatic heterocycles. The predicted molar refractivity (Wildman–Crippen MR) is 108 cm³/mol. The third kappa shape index (κ3) is 5.75. The lowest BCUT2D eigenvalue weighted by Gasteiger charge is -2.20. The molecule has 3 heterocycles. The van der Waals surface area contributed by atoms with Crippen molar-refractivity contribution in [3.8, 4) is 0 Å². The summed E-state index contributed by atoms with van der Waals surface area (Å²) in [6.45, 7) is 2.34. The first kappa shape index (κ1) is 24.0. The van der Waals surface area contributed by atoms with Gasteiger partial charge in [-0.1, -0.05) is 24.3 Å². The fourth-order valence-corrected chi connectivity index (χ4v) is 5.12. The Labute approximate surface area is 183 Å². The van der Waals surface area contributed by atoms with E-state index in [4.69, 9.17) is 14.6 Å². The van der Waals surface area contributed by atoms with E-state index in [9.17, 15) is 21.6 Å². The Hall–Kier alpha value is -2.70. The minimum Gasteiger partial charge on any atom is -0.475 e. The molecule has 0 bridgehead atoms. The highest BCUT2D eigenvalue weighted by atomic mass is 32.2. The average Bonchev–Trinajstić information content (AvgIpc) is 3.35. The lowest BCUT2D eigenvalue weighted by atomic mass is 9.93. The highest BCUT2D eigenvalue weighted by Crippen LogP contribution is 2.36. The molecule has 2 fully saturated rings. The zero-order chi connectivity index (χ0) is 23.4. The molecule has 0 aliphatic carbocycles. The molecule has 0 saturated carbocycles. The average molecular weight is 473 g/mol. The van der Waals surface area contributed by atoms with Gasteiger partial charge in [0.05, 0.1) is 17.6 Å². The number of hydrogen-bond acceptors (Lipinski definition) is 6. The Bertz CT molecular complexity index is 1010.